The fraction of sp³-hybridized carbons (Fsp3) is 0.458. The minimum atomic E-state index is -0.593. The molecule has 2 aliphatic carbocycles. The number of ether oxygens (including phenoxy) is 1. The van der Waals surface area contributed by atoms with Crippen molar-refractivity contribution < 1.29 is 19.1 Å². The Bertz CT molecular complexity index is 805. The molecule has 3 rings (SSSR count). The van der Waals surface area contributed by atoms with E-state index in [4.69, 9.17) is 4.74 Å². The summed E-state index contributed by atoms with van der Waals surface area (Å²) in [5.41, 5.74) is 0.837. The molecule has 1 aromatic rings. The highest BCUT2D eigenvalue weighted by Crippen LogP contribution is 2.59. The molecule has 0 aliphatic heterocycles. The van der Waals surface area contributed by atoms with E-state index in [2.05, 4.69) is 13.8 Å². The van der Waals surface area contributed by atoms with Gasteiger partial charge >= 0.3 is 5.97 Å². The zero-order valence-electron chi connectivity index (χ0n) is 16.8. The van der Waals surface area contributed by atoms with E-state index < -0.39 is 23.4 Å². The molecule has 28 heavy (non-hydrogen) atoms. The quantitative estimate of drug-likeness (QED) is 0.432. The van der Waals surface area contributed by atoms with E-state index in [1.807, 2.05) is 43.3 Å². The van der Waals surface area contributed by atoms with Gasteiger partial charge in [-0.2, -0.15) is 0 Å². The van der Waals surface area contributed by atoms with E-state index in [1.54, 1.807) is 6.08 Å². The van der Waals surface area contributed by atoms with Crippen LogP contribution < -0.4 is 0 Å². The number of carbonyl (C=O) groups is 3. The summed E-state index contributed by atoms with van der Waals surface area (Å²) in [6, 6.07) is 9.55. The number of carbonyl (C=O) groups excluding carboxylic acids is 3. The summed E-state index contributed by atoms with van der Waals surface area (Å²) in [5.74, 6) is -0.817. The summed E-state index contributed by atoms with van der Waals surface area (Å²) in [6.07, 6.45) is 8.58. The molecule has 0 spiro atoms. The lowest BCUT2D eigenvalue weighted by Crippen LogP contribution is -2.57. The van der Waals surface area contributed by atoms with Crippen LogP contribution in [0.25, 0.3) is 6.08 Å². The van der Waals surface area contributed by atoms with E-state index in [0.717, 1.165) is 31.0 Å². The van der Waals surface area contributed by atoms with Crippen molar-refractivity contribution in [1.29, 1.82) is 0 Å². The van der Waals surface area contributed by atoms with Crippen molar-refractivity contribution in [3.05, 3.63) is 53.6 Å². The summed E-state index contributed by atoms with van der Waals surface area (Å²) in [6.45, 7) is 6.41. The molecule has 4 nitrogen and oxygen atoms in total. The molecule has 1 aromatic carbocycles. The minimum absolute atomic E-state index is 0.00368. The Kier molecular flexibility index (Phi) is 5.69. The number of esters is 1. The van der Waals surface area contributed by atoms with Crippen LogP contribution in [0.3, 0.4) is 0 Å². The molecule has 0 amide bonds. The summed E-state index contributed by atoms with van der Waals surface area (Å²) in [5, 5.41) is 0. The SMILES string of the molecule is CC1(C)CCC(OC(=O)C=Cc2ccccc2)C2(C)C(C=O)C(C=O)=CCC12. The number of hydrogen-bond donors (Lipinski definition) is 0. The zero-order valence-corrected chi connectivity index (χ0v) is 16.8. The number of allylic oxidation sites excluding steroid dienone is 2. The smallest absolute Gasteiger partial charge is 0.331 e. The molecular weight excluding hydrogens is 352 g/mol. The monoisotopic (exact) mass is 380 g/mol. The number of aldehydes is 2. The van der Waals surface area contributed by atoms with Gasteiger partial charge in [0, 0.05) is 11.5 Å². The summed E-state index contributed by atoms with van der Waals surface area (Å²) in [7, 11) is 0. The second-order valence-corrected chi connectivity index (χ2v) is 8.79. The van der Waals surface area contributed by atoms with Crippen LogP contribution in [0.5, 0.6) is 0 Å². The normalized spacial score (nSPS) is 31.5. The molecular formula is C24H28O4. The third-order valence-electron chi connectivity index (χ3n) is 6.80. The lowest BCUT2D eigenvalue weighted by molar-refractivity contribution is -0.175. The van der Waals surface area contributed by atoms with Gasteiger partial charge < -0.3 is 9.53 Å². The van der Waals surface area contributed by atoms with E-state index >= 15 is 0 Å². The first kappa shape index (κ1) is 20.2. The highest BCUT2D eigenvalue weighted by molar-refractivity contribution is 5.87. The third-order valence-corrected chi connectivity index (χ3v) is 6.80. The number of rotatable bonds is 5. The van der Waals surface area contributed by atoms with Crippen LogP contribution in [0, 0.1) is 22.7 Å². The number of hydrogen-bond acceptors (Lipinski definition) is 4. The van der Waals surface area contributed by atoms with E-state index in [1.165, 1.54) is 6.08 Å². The number of benzene rings is 1. The lowest BCUT2D eigenvalue weighted by atomic mass is 9.48. The van der Waals surface area contributed by atoms with Gasteiger partial charge in [0.1, 0.15) is 18.7 Å². The maximum Gasteiger partial charge on any atom is 0.331 e. The van der Waals surface area contributed by atoms with Crippen molar-refractivity contribution >= 4 is 24.6 Å². The molecule has 0 N–H and O–H groups in total. The molecule has 4 unspecified atom stereocenters. The van der Waals surface area contributed by atoms with Crippen LogP contribution in [0.1, 0.15) is 45.6 Å². The molecule has 4 heteroatoms. The summed E-state index contributed by atoms with van der Waals surface area (Å²) < 4.78 is 5.88. The molecule has 0 saturated heterocycles. The highest BCUT2D eigenvalue weighted by atomic mass is 16.5. The summed E-state index contributed by atoms with van der Waals surface area (Å²) in [4.78, 5) is 36.1. The Morgan fingerprint density at radius 1 is 1.14 bits per heavy atom. The fourth-order valence-corrected chi connectivity index (χ4v) is 5.23. The van der Waals surface area contributed by atoms with Crippen LogP contribution in [0.4, 0.5) is 0 Å². The average Bonchev–Trinajstić information content (AvgIpc) is 2.68. The van der Waals surface area contributed by atoms with Crippen LogP contribution in [0.15, 0.2) is 48.1 Å². The fourth-order valence-electron chi connectivity index (χ4n) is 5.23. The van der Waals surface area contributed by atoms with Crippen LogP contribution >= 0.6 is 0 Å². The Morgan fingerprint density at radius 2 is 1.86 bits per heavy atom. The van der Waals surface area contributed by atoms with Crippen molar-refractivity contribution in [3.63, 3.8) is 0 Å². The van der Waals surface area contributed by atoms with Gasteiger partial charge in [0.25, 0.3) is 0 Å². The second kappa shape index (κ2) is 7.86. The van der Waals surface area contributed by atoms with Crippen LogP contribution in [-0.4, -0.2) is 24.6 Å². The Balaban J connectivity index is 1.87. The minimum Gasteiger partial charge on any atom is -0.459 e. The van der Waals surface area contributed by atoms with Crippen molar-refractivity contribution in [3.8, 4) is 0 Å². The van der Waals surface area contributed by atoms with Gasteiger partial charge in [-0.25, -0.2) is 4.79 Å². The largest absolute Gasteiger partial charge is 0.459 e. The van der Waals surface area contributed by atoms with E-state index in [0.29, 0.717) is 12.0 Å². The Hall–Kier alpha value is -2.49. The van der Waals surface area contributed by atoms with Gasteiger partial charge in [0.15, 0.2) is 0 Å². The maximum atomic E-state index is 12.5. The molecule has 0 heterocycles. The van der Waals surface area contributed by atoms with Crippen molar-refractivity contribution in [2.75, 3.05) is 0 Å². The molecule has 2 aliphatic rings. The maximum absolute atomic E-state index is 12.5. The first-order valence-corrected chi connectivity index (χ1v) is 9.87. The molecule has 148 valence electrons. The lowest BCUT2D eigenvalue weighted by Gasteiger charge is -2.57. The molecule has 0 radical (unpaired) electrons. The molecule has 0 aromatic heterocycles. The molecule has 1 saturated carbocycles. The number of fused-ring (bicyclic) bond motifs is 1. The molecule has 1 fully saturated rings. The van der Waals surface area contributed by atoms with Crippen LogP contribution in [-0.2, 0) is 19.1 Å². The zero-order chi connectivity index (χ0) is 20.4. The predicted molar refractivity (Wildman–Crippen MR) is 108 cm³/mol. The van der Waals surface area contributed by atoms with Crippen LogP contribution in [0.2, 0.25) is 0 Å². The van der Waals surface area contributed by atoms with E-state index in [-0.39, 0.29) is 11.3 Å². The first-order chi connectivity index (χ1) is 13.3. The van der Waals surface area contributed by atoms with Gasteiger partial charge in [-0.05, 0) is 47.8 Å². The molecule has 4 atom stereocenters. The van der Waals surface area contributed by atoms with Gasteiger partial charge in [-0.1, -0.05) is 57.2 Å². The second-order valence-electron chi connectivity index (χ2n) is 8.79. The van der Waals surface area contributed by atoms with E-state index in [9.17, 15) is 14.4 Å². The predicted octanol–water partition coefficient (Wildman–Crippen LogP) is 4.40. The highest BCUT2D eigenvalue weighted by Gasteiger charge is 2.58. The van der Waals surface area contributed by atoms with Gasteiger partial charge in [-0.3, -0.25) is 4.79 Å². The topological polar surface area (TPSA) is 60.4 Å². The Labute approximate surface area is 166 Å². The average molecular weight is 380 g/mol. The first-order valence-electron chi connectivity index (χ1n) is 9.87. The standard InChI is InChI=1S/C24H28O4/c1-23(2)14-13-21(28-22(27)12-9-17-7-5-4-6-8-17)24(3)19(16-26)18(15-25)10-11-20(23)24/h4-10,12,15-16,19-21H,11,13-14H2,1-3H3. The van der Waals surface area contributed by atoms with Crippen molar-refractivity contribution in [1.82, 2.24) is 0 Å². The Morgan fingerprint density at radius 3 is 2.50 bits per heavy atom. The van der Waals surface area contributed by atoms with Gasteiger partial charge in [0.05, 0.1) is 5.92 Å². The van der Waals surface area contributed by atoms with Crippen molar-refractivity contribution in [2.45, 2.75) is 46.1 Å². The van der Waals surface area contributed by atoms with Gasteiger partial charge in [0.2, 0.25) is 0 Å². The van der Waals surface area contributed by atoms with Crippen molar-refractivity contribution in [2.24, 2.45) is 22.7 Å². The molecule has 0 bridgehead atoms. The third kappa shape index (κ3) is 3.60. The van der Waals surface area contributed by atoms with Gasteiger partial charge in [-0.15, -0.1) is 0 Å². The summed E-state index contributed by atoms with van der Waals surface area (Å²) >= 11 is 0.